The third kappa shape index (κ3) is 4.97. The van der Waals surface area contributed by atoms with E-state index in [1.54, 1.807) is 11.4 Å². The van der Waals surface area contributed by atoms with Gasteiger partial charge >= 0.3 is 5.97 Å². The Morgan fingerprint density at radius 1 is 1.30 bits per heavy atom. The number of nitrogens with zero attached hydrogens (tertiary/aromatic N) is 2. The summed E-state index contributed by atoms with van der Waals surface area (Å²) in [6.45, 7) is 1.32. The van der Waals surface area contributed by atoms with Gasteiger partial charge < -0.3 is 4.74 Å². The van der Waals surface area contributed by atoms with E-state index >= 15 is 0 Å². The Kier molecular flexibility index (Phi) is 6.38. The zero-order chi connectivity index (χ0) is 21.8. The molecule has 3 rings (SSSR count). The molecule has 11 heteroatoms. The number of benzene rings is 2. The number of aromatic nitrogens is 1. The number of amides is 1. The summed E-state index contributed by atoms with van der Waals surface area (Å²) in [6.07, 6.45) is -1.24. The first kappa shape index (κ1) is 21.3. The van der Waals surface area contributed by atoms with Gasteiger partial charge in [-0.3, -0.25) is 20.2 Å². The molecule has 1 N–H and O–H groups in total. The summed E-state index contributed by atoms with van der Waals surface area (Å²) in [5, 5.41) is 15.4. The van der Waals surface area contributed by atoms with Crippen LogP contribution in [0.5, 0.6) is 0 Å². The lowest BCUT2D eigenvalue weighted by Gasteiger charge is -2.12. The summed E-state index contributed by atoms with van der Waals surface area (Å²) in [5.74, 6) is -2.53. The lowest BCUT2D eigenvalue weighted by Crippen LogP contribution is -2.30. The lowest BCUT2D eigenvalue weighted by molar-refractivity contribution is -0.384. The lowest BCUT2D eigenvalue weighted by atomic mass is 10.1. The van der Waals surface area contributed by atoms with Crippen LogP contribution in [-0.4, -0.2) is 27.9 Å². The summed E-state index contributed by atoms with van der Waals surface area (Å²) < 4.78 is 18.7. The summed E-state index contributed by atoms with van der Waals surface area (Å²) >= 11 is 6.84. The van der Waals surface area contributed by atoms with E-state index in [0.29, 0.717) is 11.3 Å². The van der Waals surface area contributed by atoms with E-state index < -0.39 is 28.7 Å². The molecule has 0 aliphatic rings. The minimum atomic E-state index is -1.24. The number of hydrogen-bond donors (Lipinski definition) is 1. The van der Waals surface area contributed by atoms with Gasteiger partial charge in [-0.1, -0.05) is 23.7 Å². The largest absolute Gasteiger partial charge is 0.449 e. The Morgan fingerprint density at radius 3 is 2.80 bits per heavy atom. The summed E-state index contributed by atoms with van der Waals surface area (Å²) in [6, 6.07) is 9.32. The number of thiazole rings is 1. The van der Waals surface area contributed by atoms with E-state index in [1.165, 1.54) is 31.2 Å². The van der Waals surface area contributed by atoms with Crippen LogP contribution in [-0.2, 0) is 9.53 Å². The Morgan fingerprint density at radius 2 is 2.07 bits per heavy atom. The average Bonchev–Trinajstić information content (AvgIpc) is 3.18. The minimum absolute atomic E-state index is 0.0835. The van der Waals surface area contributed by atoms with Gasteiger partial charge in [0.2, 0.25) is 0 Å². The monoisotopic (exact) mass is 449 g/mol. The van der Waals surface area contributed by atoms with Crippen molar-refractivity contribution < 1.29 is 23.6 Å². The molecule has 0 radical (unpaired) electrons. The highest BCUT2D eigenvalue weighted by Crippen LogP contribution is 2.27. The normalized spacial score (nSPS) is 11.6. The van der Waals surface area contributed by atoms with Crippen LogP contribution in [0.3, 0.4) is 0 Å². The number of nitrogens with one attached hydrogen (secondary N) is 1. The SMILES string of the molecule is CC(OC(=O)c1cc(Cl)ccc1F)C(=O)Nc1nc(-c2cccc([N+](=O)[O-])c2)cs1. The molecular weight excluding hydrogens is 437 g/mol. The molecule has 1 aromatic heterocycles. The van der Waals surface area contributed by atoms with Crippen LogP contribution in [0.25, 0.3) is 11.3 Å². The average molecular weight is 450 g/mol. The number of nitro benzene ring substituents is 1. The molecule has 0 aliphatic carbocycles. The van der Waals surface area contributed by atoms with E-state index in [4.69, 9.17) is 16.3 Å². The zero-order valence-electron chi connectivity index (χ0n) is 15.3. The number of ether oxygens (including phenoxy) is 1. The van der Waals surface area contributed by atoms with Crippen molar-refractivity contribution in [1.29, 1.82) is 0 Å². The van der Waals surface area contributed by atoms with Crippen LogP contribution < -0.4 is 5.32 Å². The number of nitro groups is 1. The van der Waals surface area contributed by atoms with Crippen LogP contribution in [0.2, 0.25) is 5.02 Å². The van der Waals surface area contributed by atoms with Gasteiger partial charge in [0.15, 0.2) is 11.2 Å². The molecule has 0 aliphatic heterocycles. The molecule has 30 heavy (non-hydrogen) atoms. The number of halogens is 2. The molecule has 1 amide bonds. The van der Waals surface area contributed by atoms with Crippen LogP contribution in [0.4, 0.5) is 15.2 Å². The Labute approximate surface area is 178 Å². The van der Waals surface area contributed by atoms with E-state index in [-0.39, 0.29) is 21.4 Å². The topological polar surface area (TPSA) is 111 Å². The van der Waals surface area contributed by atoms with Gasteiger partial charge in [0.25, 0.3) is 11.6 Å². The Hall–Kier alpha value is -3.37. The number of carbonyl (C=O) groups is 2. The second kappa shape index (κ2) is 8.97. The molecule has 0 saturated carbocycles. The van der Waals surface area contributed by atoms with Crippen molar-refractivity contribution >= 4 is 45.6 Å². The highest BCUT2D eigenvalue weighted by Gasteiger charge is 2.22. The zero-order valence-corrected chi connectivity index (χ0v) is 16.9. The third-order valence-corrected chi connectivity index (χ3v) is 4.88. The number of carbonyl (C=O) groups excluding carboxylic acids is 2. The molecule has 1 atom stereocenters. The van der Waals surface area contributed by atoms with Gasteiger partial charge in [0, 0.05) is 28.1 Å². The Bertz CT molecular complexity index is 1140. The molecule has 1 heterocycles. The van der Waals surface area contributed by atoms with E-state index in [1.807, 2.05) is 0 Å². The predicted octanol–water partition coefficient (Wildman–Crippen LogP) is 4.69. The van der Waals surface area contributed by atoms with Crippen LogP contribution >= 0.6 is 22.9 Å². The van der Waals surface area contributed by atoms with Crippen LogP contribution in [0.15, 0.2) is 47.8 Å². The number of hydrogen-bond acceptors (Lipinski definition) is 7. The fourth-order valence-electron chi connectivity index (χ4n) is 2.38. The van der Waals surface area contributed by atoms with E-state index in [0.717, 1.165) is 23.5 Å². The Balaban J connectivity index is 1.66. The van der Waals surface area contributed by atoms with Gasteiger partial charge in [0.05, 0.1) is 16.2 Å². The smallest absolute Gasteiger partial charge is 0.341 e. The first-order chi connectivity index (χ1) is 14.2. The molecule has 0 saturated heterocycles. The van der Waals surface area contributed by atoms with Crippen molar-refractivity contribution in [3.8, 4) is 11.3 Å². The number of non-ortho nitro benzene ring substituents is 1. The summed E-state index contributed by atoms with van der Waals surface area (Å²) in [7, 11) is 0. The van der Waals surface area contributed by atoms with Crippen molar-refractivity contribution in [2.75, 3.05) is 5.32 Å². The first-order valence-corrected chi connectivity index (χ1v) is 9.67. The molecule has 3 aromatic rings. The van der Waals surface area contributed by atoms with Gasteiger partial charge in [-0.05, 0) is 25.1 Å². The van der Waals surface area contributed by atoms with Crippen LogP contribution in [0, 0.1) is 15.9 Å². The summed E-state index contributed by atoms with van der Waals surface area (Å²) in [5.41, 5.74) is 0.478. The molecular formula is C19H13ClFN3O5S. The number of rotatable bonds is 6. The highest BCUT2D eigenvalue weighted by atomic mass is 35.5. The third-order valence-electron chi connectivity index (χ3n) is 3.89. The van der Waals surface area contributed by atoms with Crippen molar-refractivity contribution in [2.24, 2.45) is 0 Å². The highest BCUT2D eigenvalue weighted by molar-refractivity contribution is 7.14. The molecule has 0 fully saturated rings. The standard InChI is InChI=1S/C19H13ClFN3O5S/c1-10(29-18(26)14-8-12(20)5-6-15(14)21)17(25)23-19-22-16(9-30-19)11-3-2-4-13(7-11)24(27)28/h2-10H,1H3,(H,22,23,25). The minimum Gasteiger partial charge on any atom is -0.449 e. The van der Waals surface area contributed by atoms with Crippen molar-refractivity contribution in [2.45, 2.75) is 13.0 Å². The first-order valence-electron chi connectivity index (χ1n) is 8.42. The molecule has 2 aromatic carbocycles. The van der Waals surface area contributed by atoms with E-state index in [2.05, 4.69) is 10.3 Å². The fourth-order valence-corrected chi connectivity index (χ4v) is 3.28. The van der Waals surface area contributed by atoms with Crippen LogP contribution in [0.1, 0.15) is 17.3 Å². The second-order valence-corrected chi connectivity index (χ2v) is 7.30. The maximum absolute atomic E-state index is 13.8. The molecule has 154 valence electrons. The van der Waals surface area contributed by atoms with E-state index in [9.17, 15) is 24.1 Å². The number of esters is 1. The molecule has 0 bridgehead atoms. The fraction of sp³-hybridized carbons (Fsp3) is 0.105. The molecule has 8 nitrogen and oxygen atoms in total. The van der Waals surface area contributed by atoms with Gasteiger partial charge in [-0.25, -0.2) is 14.2 Å². The van der Waals surface area contributed by atoms with Gasteiger partial charge in [0.1, 0.15) is 5.82 Å². The molecule has 1 unspecified atom stereocenters. The van der Waals surface area contributed by atoms with Crippen molar-refractivity contribution in [1.82, 2.24) is 4.98 Å². The van der Waals surface area contributed by atoms with Crippen molar-refractivity contribution in [3.05, 3.63) is 74.4 Å². The van der Waals surface area contributed by atoms with Gasteiger partial charge in [-0.2, -0.15) is 0 Å². The van der Waals surface area contributed by atoms with Crippen molar-refractivity contribution in [3.63, 3.8) is 0 Å². The predicted molar refractivity (Wildman–Crippen MR) is 109 cm³/mol. The maximum atomic E-state index is 13.8. The quantitative estimate of drug-likeness (QED) is 0.332. The molecule has 0 spiro atoms. The second-order valence-electron chi connectivity index (χ2n) is 6.01. The maximum Gasteiger partial charge on any atom is 0.341 e. The summed E-state index contributed by atoms with van der Waals surface area (Å²) in [4.78, 5) is 39.0. The van der Waals surface area contributed by atoms with Gasteiger partial charge in [-0.15, -0.1) is 11.3 Å². The number of anilines is 1.